The molecule has 0 saturated heterocycles. The highest BCUT2D eigenvalue weighted by molar-refractivity contribution is 6.06. The number of nitrogens with zero attached hydrogens (tertiary/aromatic N) is 3. The molecule has 1 heterocycles. The van der Waals surface area contributed by atoms with E-state index in [1.54, 1.807) is 17.0 Å². The number of anilines is 1. The molecular formula is C18H11N3O4. The van der Waals surface area contributed by atoms with Gasteiger partial charge in [0.25, 0.3) is 0 Å². The van der Waals surface area contributed by atoms with Crippen molar-refractivity contribution in [2.75, 3.05) is 19.0 Å². The third-order valence-corrected chi connectivity index (χ3v) is 3.69. The van der Waals surface area contributed by atoms with Gasteiger partial charge in [-0.15, -0.1) is 0 Å². The summed E-state index contributed by atoms with van der Waals surface area (Å²) in [6.07, 6.45) is 0. The summed E-state index contributed by atoms with van der Waals surface area (Å²) in [4.78, 5) is 26.7. The minimum Gasteiger partial charge on any atom is -0.419 e. The summed E-state index contributed by atoms with van der Waals surface area (Å²) < 4.78 is 10.6. The number of fused-ring (bicyclic) bond motifs is 2. The Morgan fingerprint density at radius 3 is 1.84 bits per heavy atom. The van der Waals surface area contributed by atoms with Crippen molar-refractivity contribution in [3.63, 3.8) is 0 Å². The molecule has 0 amide bonds. The Bertz CT molecular complexity index is 997. The van der Waals surface area contributed by atoms with Crippen LogP contribution in [0.3, 0.4) is 0 Å². The average Bonchev–Trinajstić information content (AvgIpc) is 2.60. The minimum absolute atomic E-state index is 0.0187. The summed E-state index contributed by atoms with van der Waals surface area (Å²) in [6, 6.07) is 10.8. The van der Waals surface area contributed by atoms with E-state index in [2.05, 4.69) is 0 Å². The van der Waals surface area contributed by atoms with E-state index in [4.69, 9.17) is 20.0 Å². The van der Waals surface area contributed by atoms with Gasteiger partial charge >= 0.3 is 11.9 Å². The van der Waals surface area contributed by atoms with E-state index in [1.807, 2.05) is 26.2 Å². The highest BCUT2D eigenvalue weighted by Crippen LogP contribution is 2.35. The zero-order chi connectivity index (χ0) is 18.1. The predicted molar refractivity (Wildman–Crippen MR) is 86.6 cm³/mol. The molecule has 0 saturated carbocycles. The van der Waals surface area contributed by atoms with E-state index in [0.717, 1.165) is 17.8 Å². The first-order valence-corrected chi connectivity index (χ1v) is 7.18. The van der Waals surface area contributed by atoms with Gasteiger partial charge in [-0.3, -0.25) is 0 Å². The molecule has 0 N–H and O–H groups in total. The van der Waals surface area contributed by atoms with Gasteiger partial charge in [-0.25, -0.2) is 9.59 Å². The molecule has 1 aliphatic rings. The Balaban J connectivity index is 2.16. The maximum Gasteiger partial charge on any atom is 0.344 e. The minimum atomic E-state index is -0.801. The monoisotopic (exact) mass is 333 g/mol. The maximum absolute atomic E-state index is 12.5. The fourth-order valence-electron chi connectivity index (χ4n) is 2.37. The van der Waals surface area contributed by atoms with Gasteiger partial charge in [0.15, 0.2) is 11.5 Å². The molecule has 1 aliphatic heterocycles. The van der Waals surface area contributed by atoms with E-state index >= 15 is 0 Å². The quantitative estimate of drug-likeness (QED) is 0.582. The molecule has 2 aromatic rings. The normalized spacial score (nSPS) is 12.3. The Morgan fingerprint density at radius 2 is 1.36 bits per heavy atom. The fourth-order valence-corrected chi connectivity index (χ4v) is 2.37. The molecule has 0 aliphatic carbocycles. The first-order valence-electron chi connectivity index (χ1n) is 7.18. The molecule has 7 nitrogen and oxygen atoms in total. The smallest absolute Gasteiger partial charge is 0.344 e. The van der Waals surface area contributed by atoms with Gasteiger partial charge in [0.1, 0.15) is 12.1 Å². The highest BCUT2D eigenvalue weighted by Gasteiger charge is 2.28. The van der Waals surface area contributed by atoms with E-state index in [9.17, 15) is 9.59 Å². The van der Waals surface area contributed by atoms with Crippen molar-refractivity contribution in [2.24, 2.45) is 0 Å². The zero-order valence-electron chi connectivity index (χ0n) is 13.4. The summed E-state index contributed by atoms with van der Waals surface area (Å²) in [5, 5.41) is 18.2. The molecule has 0 radical (unpaired) electrons. The van der Waals surface area contributed by atoms with Gasteiger partial charge in [0, 0.05) is 25.8 Å². The first kappa shape index (κ1) is 16.0. The van der Waals surface area contributed by atoms with E-state index in [0.29, 0.717) is 0 Å². The number of carbonyl (C=O) groups is 2. The van der Waals surface area contributed by atoms with Crippen LogP contribution in [-0.2, 0) is 0 Å². The third-order valence-electron chi connectivity index (χ3n) is 3.69. The van der Waals surface area contributed by atoms with Crippen molar-refractivity contribution in [1.82, 2.24) is 0 Å². The standard InChI is InChI=1S/C18H11N3O4/c1-21(2)12-3-4-15-16(7-12)25-18(23)14-6-11(9-20)10(8-19)5-13(14)17(22)24-15/h3-7H,1-2H3. The molecule has 25 heavy (non-hydrogen) atoms. The summed E-state index contributed by atoms with van der Waals surface area (Å²) >= 11 is 0. The number of benzene rings is 2. The summed E-state index contributed by atoms with van der Waals surface area (Å²) in [5.74, 6) is -1.41. The van der Waals surface area contributed by atoms with Crippen molar-refractivity contribution in [1.29, 1.82) is 10.5 Å². The Morgan fingerprint density at radius 1 is 0.840 bits per heavy atom. The zero-order valence-corrected chi connectivity index (χ0v) is 13.4. The second kappa shape index (κ2) is 5.99. The van der Waals surface area contributed by atoms with E-state index in [-0.39, 0.29) is 33.8 Å². The van der Waals surface area contributed by atoms with E-state index < -0.39 is 11.9 Å². The van der Waals surface area contributed by atoms with Crippen LogP contribution in [-0.4, -0.2) is 26.0 Å². The van der Waals surface area contributed by atoms with Gasteiger partial charge in [0.05, 0.1) is 22.3 Å². The van der Waals surface area contributed by atoms with Crippen LogP contribution in [0.4, 0.5) is 5.69 Å². The molecule has 0 fully saturated rings. The molecule has 0 bridgehead atoms. The van der Waals surface area contributed by atoms with Crippen LogP contribution in [0.1, 0.15) is 31.8 Å². The van der Waals surface area contributed by atoms with Crippen molar-refractivity contribution >= 4 is 17.6 Å². The number of nitriles is 2. The lowest BCUT2D eigenvalue weighted by atomic mass is 9.99. The largest absolute Gasteiger partial charge is 0.419 e. The van der Waals surface area contributed by atoms with Gasteiger partial charge < -0.3 is 14.4 Å². The lowest BCUT2D eigenvalue weighted by Crippen LogP contribution is -2.22. The number of rotatable bonds is 1. The van der Waals surface area contributed by atoms with Crippen LogP contribution in [0.15, 0.2) is 30.3 Å². The topological polar surface area (TPSA) is 103 Å². The summed E-state index contributed by atoms with van der Waals surface area (Å²) in [7, 11) is 3.63. The molecular weight excluding hydrogens is 322 g/mol. The lowest BCUT2D eigenvalue weighted by Gasteiger charge is -2.19. The second-order valence-corrected chi connectivity index (χ2v) is 5.47. The Hall–Kier alpha value is -3.84. The third kappa shape index (κ3) is 2.75. The molecule has 2 aromatic carbocycles. The molecule has 122 valence electrons. The number of esters is 2. The summed E-state index contributed by atoms with van der Waals surface area (Å²) in [5.41, 5.74) is 0.467. The van der Waals surface area contributed by atoms with Crippen molar-refractivity contribution in [2.45, 2.75) is 0 Å². The summed E-state index contributed by atoms with van der Waals surface area (Å²) in [6.45, 7) is 0. The molecule has 7 heteroatoms. The van der Waals surface area contributed by atoms with Crippen LogP contribution in [0.2, 0.25) is 0 Å². The van der Waals surface area contributed by atoms with E-state index in [1.165, 1.54) is 6.07 Å². The van der Waals surface area contributed by atoms with Crippen molar-refractivity contribution < 1.29 is 19.1 Å². The number of hydrogen-bond acceptors (Lipinski definition) is 7. The molecule has 0 spiro atoms. The predicted octanol–water partition coefficient (Wildman–Crippen LogP) is 2.25. The fraction of sp³-hybridized carbons (Fsp3) is 0.111. The van der Waals surface area contributed by atoms with Gasteiger partial charge in [0.2, 0.25) is 0 Å². The Kier molecular flexibility index (Phi) is 3.84. The Labute approximate surface area is 143 Å². The van der Waals surface area contributed by atoms with Crippen LogP contribution in [0.5, 0.6) is 11.5 Å². The van der Waals surface area contributed by atoms with Gasteiger partial charge in [-0.05, 0) is 24.3 Å². The molecule has 3 rings (SSSR count). The number of hydrogen-bond donors (Lipinski definition) is 0. The lowest BCUT2D eigenvalue weighted by molar-refractivity contribution is 0.0648. The van der Waals surface area contributed by atoms with Crippen LogP contribution in [0, 0.1) is 22.7 Å². The SMILES string of the molecule is CN(C)c1ccc2c(c1)OC(=O)c1cc(C#N)c(C#N)cc1C(=O)O2. The molecule has 0 aromatic heterocycles. The number of ether oxygens (including phenoxy) is 2. The van der Waals surface area contributed by atoms with Crippen molar-refractivity contribution in [3.05, 3.63) is 52.6 Å². The average molecular weight is 333 g/mol. The molecule has 0 atom stereocenters. The second-order valence-electron chi connectivity index (χ2n) is 5.47. The van der Waals surface area contributed by atoms with Crippen molar-refractivity contribution in [3.8, 4) is 23.6 Å². The highest BCUT2D eigenvalue weighted by atomic mass is 16.6. The first-order chi connectivity index (χ1) is 11.9. The van der Waals surface area contributed by atoms with Crippen LogP contribution >= 0.6 is 0 Å². The number of carbonyl (C=O) groups excluding carboxylic acids is 2. The van der Waals surface area contributed by atoms with Gasteiger partial charge in [-0.1, -0.05) is 0 Å². The maximum atomic E-state index is 12.5. The molecule has 0 unspecified atom stereocenters. The van der Waals surface area contributed by atoms with Crippen LogP contribution in [0.25, 0.3) is 0 Å². The van der Waals surface area contributed by atoms with Gasteiger partial charge in [-0.2, -0.15) is 10.5 Å². The van der Waals surface area contributed by atoms with Crippen LogP contribution < -0.4 is 14.4 Å².